The van der Waals surface area contributed by atoms with Gasteiger partial charge in [0.1, 0.15) is 5.54 Å². The second kappa shape index (κ2) is 6.22. The van der Waals surface area contributed by atoms with E-state index in [1.807, 2.05) is 6.92 Å². The molecule has 1 aliphatic heterocycles. The van der Waals surface area contributed by atoms with E-state index in [0.29, 0.717) is 19.6 Å². The van der Waals surface area contributed by atoms with Gasteiger partial charge in [-0.3, -0.25) is 4.90 Å². The van der Waals surface area contributed by atoms with Crippen LogP contribution >= 0.6 is 0 Å². The number of likely N-dealkylation sites (N-methyl/N-ethyl adjacent to an activating group) is 1. The van der Waals surface area contributed by atoms with Gasteiger partial charge in [-0.15, -0.1) is 0 Å². The molecule has 1 saturated heterocycles. The van der Waals surface area contributed by atoms with Gasteiger partial charge in [0.25, 0.3) is 0 Å². The summed E-state index contributed by atoms with van der Waals surface area (Å²) in [4.78, 5) is 29.6. The number of carboxylic acids is 1. The maximum absolute atomic E-state index is 12.6. The van der Waals surface area contributed by atoms with E-state index in [9.17, 15) is 14.7 Å². The first-order valence-electron chi connectivity index (χ1n) is 7.88. The summed E-state index contributed by atoms with van der Waals surface area (Å²) in [5, 5.41) is 9.32. The van der Waals surface area contributed by atoms with Gasteiger partial charge in [0.2, 0.25) is 0 Å². The van der Waals surface area contributed by atoms with E-state index in [2.05, 4.69) is 4.90 Å². The van der Waals surface area contributed by atoms with E-state index < -0.39 is 11.5 Å². The minimum absolute atomic E-state index is 0.157. The number of hydrogen-bond acceptors (Lipinski definition) is 3. The van der Waals surface area contributed by atoms with E-state index >= 15 is 0 Å². The Hall–Kier alpha value is -1.30. The molecule has 0 unspecified atom stereocenters. The van der Waals surface area contributed by atoms with Crippen LogP contribution in [-0.2, 0) is 4.79 Å². The van der Waals surface area contributed by atoms with E-state index in [-0.39, 0.29) is 6.03 Å². The average molecular weight is 297 g/mol. The van der Waals surface area contributed by atoms with Crippen LogP contribution in [-0.4, -0.2) is 76.6 Å². The van der Waals surface area contributed by atoms with Crippen molar-refractivity contribution in [3.63, 3.8) is 0 Å². The highest BCUT2D eigenvalue weighted by molar-refractivity contribution is 5.85. The van der Waals surface area contributed by atoms with Crippen molar-refractivity contribution in [2.24, 2.45) is 5.92 Å². The van der Waals surface area contributed by atoms with Gasteiger partial charge in [-0.05, 0) is 39.5 Å². The van der Waals surface area contributed by atoms with Gasteiger partial charge in [-0.1, -0.05) is 0 Å². The summed E-state index contributed by atoms with van der Waals surface area (Å²) in [5.74, 6) is -0.101. The van der Waals surface area contributed by atoms with Crippen LogP contribution in [0.1, 0.15) is 33.6 Å². The third-order valence-corrected chi connectivity index (χ3v) is 4.60. The molecule has 0 radical (unpaired) electrons. The molecule has 0 aromatic rings. The third-order valence-electron chi connectivity index (χ3n) is 4.60. The molecule has 0 spiro atoms. The summed E-state index contributed by atoms with van der Waals surface area (Å²) in [6.45, 7) is 9.72. The molecule has 2 fully saturated rings. The number of hydrogen-bond donors (Lipinski definition) is 1. The zero-order valence-corrected chi connectivity index (χ0v) is 13.3. The van der Waals surface area contributed by atoms with Gasteiger partial charge >= 0.3 is 12.0 Å². The Morgan fingerprint density at radius 2 is 1.76 bits per heavy atom. The number of nitrogens with zero attached hydrogens (tertiary/aromatic N) is 3. The summed E-state index contributed by atoms with van der Waals surface area (Å²) in [5.41, 5.74) is -1.17. The van der Waals surface area contributed by atoms with E-state index in [1.54, 1.807) is 18.7 Å². The Kier molecular flexibility index (Phi) is 4.76. The standard InChI is InChI=1S/C15H27N3O3/c1-4-18(15(2,3)13(19)20)14(21)17-9-7-16(8-10-17)11-12-5-6-12/h12H,4-11H2,1-3H3,(H,19,20). The van der Waals surface area contributed by atoms with Crippen molar-refractivity contribution in [3.8, 4) is 0 Å². The molecule has 0 aromatic heterocycles. The quantitative estimate of drug-likeness (QED) is 0.831. The minimum Gasteiger partial charge on any atom is -0.480 e. The Labute approximate surface area is 126 Å². The lowest BCUT2D eigenvalue weighted by Crippen LogP contribution is -2.60. The number of carbonyl (C=O) groups is 2. The second-order valence-electron chi connectivity index (χ2n) is 6.62. The van der Waals surface area contributed by atoms with E-state index in [0.717, 1.165) is 25.6 Å². The van der Waals surface area contributed by atoms with Crippen LogP contribution in [0.3, 0.4) is 0 Å². The SMILES string of the molecule is CCN(C(=O)N1CCN(CC2CC2)CC1)C(C)(C)C(=O)O. The number of aliphatic carboxylic acids is 1. The van der Waals surface area contributed by atoms with Crippen molar-refractivity contribution < 1.29 is 14.7 Å². The lowest BCUT2D eigenvalue weighted by atomic mass is 10.0. The van der Waals surface area contributed by atoms with E-state index in [1.165, 1.54) is 17.7 Å². The number of urea groups is 1. The van der Waals surface area contributed by atoms with Crippen LogP contribution in [0.2, 0.25) is 0 Å². The van der Waals surface area contributed by atoms with Crippen molar-refractivity contribution in [2.75, 3.05) is 39.3 Å². The fraction of sp³-hybridized carbons (Fsp3) is 0.867. The highest BCUT2D eigenvalue weighted by Crippen LogP contribution is 2.30. The summed E-state index contributed by atoms with van der Waals surface area (Å²) >= 11 is 0. The van der Waals surface area contributed by atoms with Crippen molar-refractivity contribution in [1.29, 1.82) is 0 Å². The molecule has 2 aliphatic rings. The fourth-order valence-corrected chi connectivity index (χ4v) is 2.84. The van der Waals surface area contributed by atoms with Crippen molar-refractivity contribution in [3.05, 3.63) is 0 Å². The van der Waals surface area contributed by atoms with Crippen molar-refractivity contribution in [1.82, 2.24) is 14.7 Å². The second-order valence-corrected chi connectivity index (χ2v) is 6.62. The maximum Gasteiger partial charge on any atom is 0.329 e. The molecule has 6 nitrogen and oxygen atoms in total. The number of carbonyl (C=O) groups excluding carboxylic acids is 1. The topological polar surface area (TPSA) is 64.1 Å². The van der Waals surface area contributed by atoms with Crippen LogP contribution in [0.5, 0.6) is 0 Å². The van der Waals surface area contributed by atoms with Crippen LogP contribution < -0.4 is 0 Å². The molecule has 1 N–H and O–H groups in total. The zero-order valence-electron chi connectivity index (χ0n) is 13.3. The maximum atomic E-state index is 12.6. The molecule has 120 valence electrons. The Balaban J connectivity index is 1.91. The minimum atomic E-state index is -1.17. The highest BCUT2D eigenvalue weighted by Gasteiger charge is 2.39. The molecule has 0 aromatic carbocycles. The zero-order chi connectivity index (χ0) is 15.6. The molecule has 2 rings (SSSR count). The van der Waals surface area contributed by atoms with E-state index in [4.69, 9.17) is 0 Å². The van der Waals surface area contributed by atoms with Gasteiger partial charge in [0.15, 0.2) is 0 Å². The molecular formula is C15H27N3O3. The number of amides is 2. The van der Waals surface area contributed by atoms with Crippen LogP contribution in [0, 0.1) is 5.92 Å². The largest absolute Gasteiger partial charge is 0.480 e. The highest BCUT2D eigenvalue weighted by atomic mass is 16.4. The van der Waals surface area contributed by atoms with Gasteiger partial charge in [-0.2, -0.15) is 0 Å². The first-order valence-corrected chi connectivity index (χ1v) is 7.88. The molecule has 1 heterocycles. The van der Waals surface area contributed by atoms with Gasteiger partial charge < -0.3 is 14.9 Å². The average Bonchev–Trinajstić information content (AvgIpc) is 3.23. The lowest BCUT2D eigenvalue weighted by Gasteiger charge is -2.41. The summed E-state index contributed by atoms with van der Waals surface area (Å²) < 4.78 is 0. The number of rotatable bonds is 5. The summed E-state index contributed by atoms with van der Waals surface area (Å²) in [6.07, 6.45) is 2.69. The predicted octanol–water partition coefficient (Wildman–Crippen LogP) is 1.32. The normalized spacial score (nSPS) is 20.4. The Bertz CT molecular complexity index is 399. The van der Waals surface area contributed by atoms with Crippen LogP contribution in [0.4, 0.5) is 4.79 Å². The van der Waals surface area contributed by atoms with Crippen molar-refractivity contribution in [2.45, 2.75) is 39.2 Å². The first kappa shape index (κ1) is 16.1. The molecule has 1 saturated carbocycles. The molecule has 6 heteroatoms. The first-order chi connectivity index (χ1) is 9.86. The van der Waals surface area contributed by atoms with Gasteiger partial charge in [0.05, 0.1) is 0 Å². The molecule has 0 atom stereocenters. The number of carboxylic acid groups (broad SMARTS) is 1. The summed E-state index contributed by atoms with van der Waals surface area (Å²) in [6, 6.07) is -0.157. The van der Waals surface area contributed by atoms with Crippen LogP contribution in [0.25, 0.3) is 0 Å². The van der Waals surface area contributed by atoms with Gasteiger partial charge in [0, 0.05) is 39.3 Å². The Morgan fingerprint density at radius 1 is 1.19 bits per heavy atom. The molecule has 0 bridgehead atoms. The molecule has 1 aliphatic carbocycles. The third kappa shape index (κ3) is 3.67. The monoisotopic (exact) mass is 297 g/mol. The summed E-state index contributed by atoms with van der Waals surface area (Å²) in [7, 11) is 0. The van der Waals surface area contributed by atoms with Crippen LogP contribution in [0.15, 0.2) is 0 Å². The Morgan fingerprint density at radius 3 is 2.19 bits per heavy atom. The molecule has 21 heavy (non-hydrogen) atoms. The molecule has 2 amide bonds. The van der Waals surface area contributed by atoms with Crippen molar-refractivity contribution >= 4 is 12.0 Å². The van der Waals surface area contributed by atoms with Gasteiger partial charge in [-0.25, -0.2) is 9.59 Å². The molecular weight excluding hydrogens is 270 g/mol. The fourth-order valence-electron chi connectivity index (χ4n) is 2.84. The smallest absolute Gasteiger partial charge is 0.329 e. The predicted molar refractivity (Wildman–Crippen MR) is 80.2 cm³/mol. The lowest BCUT2D eigenvalue weighted by molar-refractivity contribution is -0.147. The number of piperazine rings is 1.